The Morgan fingerprint density at radius 3 is 2.57 bits per heavy atom. The number of piperidine rings is 1. The van der Waals surface area contributed by atoms with Gasteiger partial charge in [-0.05, 0) is 56.3 Å². The first-order valence-corrected chi connectivity index (χ1v) is 8.17. The SMILES string of the molecule is COc1ccc(C[C@H]2CN(C)CC[C@H]2OCC2CC2)cc1. The molecule has 0 bridgehead atoms. The van der Waals surface area contributed by atoms with Crippen molar-refractivity contribution in [3.8, 4) is 5.75 Å². The van der Waals surface area contributed by atoms with Crippen LogP contribution in [0.1, 0.15) is 24.8 Å². The molecule has 0 radical (unpaired) electrons. The van der Waals surface area contributed by atoms with E-state index in [-0.39, 0.29) is 0 Å². The largest absolute Gasteiger partial charge is 0.497 e. The fourth-order valence-corrected chi connectivity index (χ4v) is 3.22. The van der Waals surface area contributed by atoms with Crippen LogP contribution in [0.15, 0.2) is 24.3 Å². The number of likely N-dealkylation sites (tertiary alicyclic amines) is 1. The number of benzene rings is 1. The van der Waals surface area contributed by atoms with E-state index in [1.807, 2.05) is 0 Å². The molecule has 1 saturated heterocycles. The van der Waals surface area contributed by atoms with Gasteiger partial charge >= 0.3 is 0 Å². The normalized spacial score (nSPS) is 26.8. The summed E-state index contributed by atoms with van der Waals surface area (Å²) in [5.74, 6) is 2.39. The quantitative estimate of drug-likeness (QED) is 0.803. The molecule has 2 aliphatic rings. The van der Waals surface area contributed by atoms with E-state index in [1.54, 1.807) is 7.11 Å². The fraction of sp³-hybridized carbons (Fsp3) is 0.667. The van der Waals surface area contributed by atoms with Crippen molar-refractivity contribution >= 4 is 0 Å². The maximum Gasteiger partial charge on any atom is 0.118 e. The molecular weight excluding hydrogens is 262 g/mol. The van der Waals surface area contributed by atoms with Gasteiger partial charge in [0.15, 0.2) is 0 Å². The van der Waals surface area contributed by atoms with Crippen molar-refractivity contribution in [1.82, 2.24) is 4.90 Å². The third kappa shape index (κ3) is 4.21. The average molecular weight is 289 g/mol. The Morgan fingerprint density at radius 2 is 1.90 bits per heavy atom. The standard InChI is InChI=1S/C18H27NO2/c1-19-10-9-18(21-13-15-3-4-15)16(12-19)11-14-5-7-17(20-2)8-6-14/h5-8,15-16,18H,3-4,9-13H2,1-2H3/t16-,18+/m0/s1. The summed E-state index contributed by atoms with van der Waals surface area (Å²) >= 11 is 0. The molecule has 3 heteroatoms. The summed E-state index contributed by atoms with van der Waals surface area (Å²) in [6.45, 7) is 3.28. The summed E-state index contributed by atoms with van der Waals surface area (Å²) in [4.78, 5) is 2.44. The molecule has 0 amide bonds. The van der Waals surface area contributed by atoms with Crippen molar-refractivity contribution in [3.05, 3.63) is 29.8 Å². The van der Waals surface area contributed by atoms with E-state index in [1.165, 1.54) is 24.8 Å². The molecule has 1 aliphatic heterocycles. The second-order valence-electron chi connectivity index (χ2n) is 6.68. The topological polar surface area (TPSA) is 21.7 Å². The van der Waals surface area contributed by atoms with Crippen LogP contribution in [0, 0.1) is 11.8 Å². The molecule has 2 fully saturated rings. The highest BCUT2D eigenvalue weighted by Gasteiger charge is 2.30. The van der Waals surface area contributed by atoms with Crippen molar-refractivity contribution < 1.29 is 9.47 Å². The van der Waals surface area contributed by atoms with Gasteiger partial charge in [0.1, 0.15) is 5.75 Å². The second kappa shape index (κ2) is 6.80. The minimum atomic E-state index is 0.434. The minimum absolute atomic E-state index is 0.434. The van der Waals surface area contributed by atoms with E-state index in [2.05, 4.69) is 36.2 Å². The predicted molar refractivity (Wildman–Crippen MR) is 84.8 cm³/mol. The first-order chi connectivity index (χ1) is 10.2. The zero-order valence-corrected chi connectivity index (χ0v) is 13.3. The number of hydrogen-bond acceptors (Lipinski definition) is 3. The maximum atomic E-state index is 6.23. The van der Waals surface area contributed by atoms with Crippen LogP contribution < -0.4 is 4.74 Å². The van der Waals surface area contributed by atoms with E-state index in [0.717, 1.165) is 37.8 Å². The first-order valence-electron chi connectivity index (χ1n) is 8.17. The minimum Gasteiger partial charge on any atom is -0.497 e. The Balaban J connectivity index is 1.60. The van der Waals surface area contributed by atoms with Gasteiger partial charge in [-0.15, -0.1) is 0 Å². The summed E-state index contributed by atoms with van der Waals surface area (Å²) in [6, 6.07) is 8.49. The molecule has 0 spiro atoms. The highest BCUT2D eigenvalue weighted by molar-refractivity contribution is 5.27. The van der Waals surface area contributed by atoms with Crippen LogP contribution in [0.4, 0.5) is 0 Å². The van der Waals surface area contributed by atoms with Crippen molar-refractivity contribution in [3.63, 3.8) is 0 Å². The number of ether oxygens (including phenoxy) is 2. The Labute approximate surface area is 128 Å². The Hall–Kier alpha value is -1.06. The van der Waals surface area contributed by atoms with E-state index < -0.39 is 0 Å². The fourth-order valence-electron chi connectivity index (χ4n) is 3.22. The molecule has 0 aromatic heterocycles. The van der Waals surface area contributed by atoms with Gasteiger partial charge in [0, 0.05) is 25.6 Å². The van der Waals surface area contributed by atoms with Crippen molar-refractivity contribution in [2.24, 2.45) is 11.8 Å². The molecule has 1 aliphatic carbocycles. The lowest BCUT2D eigenvalue weighted by Gasteiger charge is -2.37. The van der Waals surface area contributed by atoms with Gasteiger partial charge < -0.3 is 14.4 Å². The van der Waals surface area contributed by atoms with Gasteiger partial charge in [-0.1, -0.05) is 12.1 Å². The van der Waals surface area contributed by atoms with Crippen LogP contribution in [-0.4, -0.2) is 44.9 Å². The van der Waals surface area contributed by atoms with Gasteiger partial charge in [0.25, 0.3) is 0 Å². The van der Waals surface area contributed by atoms with Crippen LogP contribution in [0.2, 0.25) is 0 Å². The van der Waals surface area contributed by atoms with Crippen molar-refractivity contribution in [2.75, 3.05) is 33.9 Å². The van der Waals surface area contributed by atoms with Crippen LogP contribution in [0.3, 0.4) is 0 Å². The van der Waals surface area contributed by atoms with E-state index in [0.29, 0.717) is 12.0 Å². The van der Waals surface area contributed by atoms with Gasteiger partial charge in [0.2, 0.25) is 0 Å². The lowest BCUT2D eigenvalue weighted by molar-refractivity contribution is -0.0324. The molecule has 2 atom stereocenters. The lowest BCUT2D eigenvalue weighted by Crippen LogP contribution is -2.43. The summed E-state index contributed by atoms with van der Waals surface area (Å²) in [5.41, 5.74) is 1.39. The number of rotatable bonds is 6. The molecule has 3 nitrogen and oxygen atoms in total. The van der Waals surface area contributed by atoms with Gasteiger partial charge in [-0.25, -0.2) is 0 Å². The molecule has 1 aromatic carbocycles. The Morgan fingerprint density at radius 1 is 1.14 bits per heavy atom. The molecule has 1 heterocycles. The highest BCUT2D eigenvalue weighted by Crippen LogP contribution is 2.31. The van der Waals surface area contributed by atoms with Crippen molar-refractivity contribution in [2.45, 2.75) is 31.8 Å². The van der Waals surface area contributed by atoms with Gasteiger partial charge in [-0.2, -0.15) is 0 Å². The molecule has 3 rings (SSSR count). The number of hydrogen-bond donors (Lipinski definition) is 0. The number of methoxy groups -OCH3 is 1. The molecule has 0 unspecified atom stereocenters. The van der Waals surface area contributed by atoms with Crippen LogP contribution in [-0.2, 0) is 11.2 Å². The molecule has 116 valence electrons. The summed E-state index contributed by atoms with van der Waals surface area (Å²) in [6.07, 6.45) is 5.45. The zero-order valence-electron chi connectivity index (χ0n) is 13.3. The van der Waals surface area contributed by atoms with Crippen LogP contribution in [0.25, 0.3) is 0 Å². The summed E-state index contributed by atoms with van der Waals surface area (Å²) < 4.78 is 11.5. The second-order valence-corrected chi connectivity index (χ2v) is 6.68. The smallest absolute Gasteiger partial charge is 0.118 e. The molecule has 0 N–H and O–H groups in total. The molecule has 1 saturated carbocycles. The summed E-state index contributed by atoms with van der Waals surface area (Å²) in [5, 5.41) is 0. The first kappa shape index (κ1) is 14.9. The van der Waals surface area contributed by atoms with E-state index >= 15 is 0 Å². The monoisotopic (exact) mass is 289 g/mol. The molecule has 21 heavy (non-hydrogen) atoms. The third-order valence-electron chi connectivity index (χ3n) is 4.77. The lowest BCUT2D eigenvalue weighted by atomic mass is 9.88. The Kier molecular flexibility index (Phi) is 4.81. The van der Waals surface area contributed by atoms with Crippen molar-refractivity contribution in [1.29, 1.82) is 0 Å². The third-order valence-corrected chi connectivity index (χ3v) is 4.77. The van der Waals surface area contributed by atoms with E-state index in [9.17, 15) is 0 Å². The average Bonchev–Trinajstić information content (AvgIpc) is 3.31. The molecular formula is C18H27NO2. The van der Waals surface area contributed by atoms with Crippen LogP contribution in [0.5, 0.6) is 5.75 Å². The van der Waals surface area contributed by atoms with E-state index in [4.69, 9.17) is 9.47 Å². The van der Waals surface area contributed by atoms with Crippen LogP contribution >= 0.6 is 0 Å². The maximum absolute atomic E-state index is 6.23. The predicted octanol–water partition coefficient (Wildman–Crippen LogP) is 2.98. The zero-order chi connectivity index (χ0) is 14.7. The van der Waals surface area contributed by atoms with Gasteiger partial charge in [-0.3, -0.25) is 0 Å². The summed E-state index contributed by atoms with van der Waals surface area (Å²) in [7, 11) is 3.94. The molecule has 1 aromatic rings. The highest BCUT2D eigenvalue weighted by atomic mass is 16.5. The van der Waals surface area contributed by atoms with Gasteiger partial charge in [0.05, 0.1) is 13.2 Å². The Bertz CT molecular complexity index is 441. The number of nitrogens with zero attached hydrogens (tertiary/aromatic N) is 1.